The van der Waals surface area contributed by atoms with Crippen LogP contribution in [0.2, 0.25) is 0 Å². The summed E-state index contributed by atoms with van der Waals surface area (Å²) in [5, 5.41) is 2.25. The van der Waals surface area contributed by atoms with Gasteiger partial charge in [0.05, 0.1) is 17.1 Å². The minimum atomic E-state index is -0.386. The van der Waals surface area contributed by atoms with E-state index in [4.69, 9.17) is 4.42 Å². The highest BCUT2D eigenvalue weighted by Crippen LogP contribution is 2.54. The molecule has 294 valence electrons. The Morgan fingerprint density at radius 3 is 2.20 bits per heavy atom. The molecule has 1 heterocycles. The van der Waals surface area contributed by atoms with Crippen LogP contribution in [0.5, 0.6) is 0 Å². The first-order chi connectivity index (χ1) is 29.2. The zero-order valence-electron chi connectivity index (χ0n) is 35.2. The summed E-state index contributed by atoms with van der Waals surface area (Å²) in [4.78, 5) is 2.57. The fraction of sp³-hybridized carbons (Fsp3) is 0.172. The Bertz CT molecular complexity index is 2980. The van der Waals surface area contributed by atoms with Gasteiger partial charge in [0, 0.05) is 33.2 Å². The molecule has 2 heteroatoms. The van der Waals surface area contributed by atoms with E-state index in [0.717, 1.165) is 56.5 Å². The average molecular weight is 778 g/mol. The van der Waals surface area contributed by atoms with Crippen molar-refractivity contribution < 1.29 is 4.42 Å². The van der Waals surface area contributed by atoms with Crippen LogP contribution in [-0.2, 0) is 10.8 Å². The second kappa shape index (κ2) is 14.9. The van der Waals surface area contributed by atoms with Gasteiger partial charge in [0.25, 0.3) is 0 Å². The van der Waals surface area contributed by atoms with Crippen LogP contribution in [0.3, 0.4) is 0 Å². The van der Waals surface area contributed by atoms with Crippen molar-refractivity contribution in [1.82, 2.24) is 0 Å². The molecule has 0 saturated heterocycles. The number of anilines is 3. The highest BCUT2D eigenvalue weighted by atomic mass is 16.3. The van der Waals surface area contributed by atoms with E-state index in [9.17, 15) is 0 Å². The van der Waals surface area contributed by atoms with Crippen LogP contribution in [0.4, 0.5) is 17.1 Å². The fourth-order valence-corrected chi connectivity index (χ4v) is 9.82. The SMILES string of the molecule is CC1C=C(C2=CC=CC3=CC=CC(C)(c4ccccc4N(c4ccccc4-c4ccc5oc6ccccc6c5c4)c4cc(C(C)(C)C)ccc4-c4ccccc4)C32)C=CC1. The van der Waals surface area contributed by atoms with Gasteiger partial charge in [-0.3, -0.25) is 0 Å². The summed E-state index contributed by atoms with van der Waals surface area (Å²) < 4.78 is 6.33. The third-order valence-electron chi connectivity index (χ3n) is 12.9. The molecule has 3 atom stereocenters. The number of fused-ring (bicyclic) bond motifs is 4. The Hall–Kier alpha value is -6.64. The Labute approximate surface area is 354 Å². The summed E-state index contributed by atoms with van der Waals surface area (Å²) in [5.74, 6) is 0.623. The van der Waals surface area contributed by atoms with Gasteiger partial charge in [-0.25, -0.2) is 0 Å². The normalized spacial score (nSPS) is 19.9. The number of furan rings is 1. The summed E-state index contributed by atoms with van der Waals surface area (Å²) in [6.07, 6.45) is 22.2. The molecular weight excluding hydrogens is 727 g/mol. The Morgan fingerprint density at radius 1 is 0.633 bits per heavy atom. The summed E-state index contributed by atoms with van der Waals surface area (Å²) in [7, 11) is 0. The highest BCUT2D eigenvalue weighted by Gasteiger charge is 2.43. The van der Waals surface area contributed by atoms with E-state index in [2.05, 4.69) is 228 Å². The highest BCUT2D eigenvalue weighted by molar-refractivity contribution is 6.07. The van der Waals surface area contributed by atoms with Gasteiger partial charge < -0.3 is 9.32 Å². The molecule has 0 radical (unpaired) electrons. The van der Waals surface area contributed by atoms with Crippen LogP contribution in [-0.4, -0.2) is 0 Å². The molecule has 6 aromatic carbocycles. The predicted octanol–water partition coefficient (Wildman–Crippen LogP) is 16.1. The molecule has 3 unspecified atom stereocenters. The van der Waals surface area contributed by atoms with E-state index < -0.39 is 0 Å². The monoisotopic (exact) mass is 777 g/mol. The number of hydrogen-bond donors (Lipinski definition) is 0. The van der Waals surface area contributed by atoms with Crippen LogP contribution >= 0.6 is 0 Å². The smallest absolute Gasteiger partial charge is 0.135 e. The molecule has 3 aliphatic rings. The van der Waals surface area contributed by atoms with Crippen molar-refractivity contribution in [2.24, 2.45) is 11.8 Å². The van der Waals surface area contributed by atoms with Crippen LogP contribution in [0.1, 0.15) is 52.2 Å². The van der Waals surface area contributed by atoms with E-state index in [1.54, 1.807) is 0 Å². The first-order valence-electron chi connectivity index (χ1n) is 21.4. The van der Waals surface area contributed by atoms with Crippen molar-refractivity contribution in [3.63, 3.8) is 0 Å². The Kier molecular flexibility index (Phi) is 9.33. The first kappa shape index (κ1) is 37.6. The third-order valence-corrected chi connectivity index (χ3v) is 12.9. The Balaban J connectivity index is 1.25. The summed E-state index contributed by atoms with van der Waals surface area (Å²) >= 11 is 0. The van der Waals surface area contributed by atoms with Crippen LogP contribution in [0.15, 0.2) is 215 Å². The molecule has 0 saturated carbocycles. The molecule has 60 heavy (non-hydrogen) atoms. The minimum absolute atomic E-state index is 0.0770. The molecule has 0 bridgehead atoms. The minimum Gasteiger partial charge on any atom is -0.456 e. The van der Waals surface area contributed by atoms with E-state index >= 15 is 0 Å². The van der Waals surface area contributed by atoms with Crippen LogP contribution in [0.25, 0.3) is 44.2 Å². The lowest BCUT2D eigenvalue weighted by atomic mass is 9.60. The largest absolute Gasteiger partial charge is 0.456 e. The van der Waals surface area contributed by atoms with E-state index in [-0.39, 0.29) is 16.7 Å². The number of nitrogens with zero attached hydrogens (tertiary/aromatic N) is 1. The maximum absolute atomic E-state index is 6.33. The summed E-state index contributed by atoms with van der Waals surface area (Å²) in [6, 6.07) is 51.1. The van der Waals surface area contributed by atoms with Gasteiger partial charge in [-0.2, -0.15) is 0 Å². The molecule has 0 aliphatic heterocycles. The van der Waals surface area contributed by atoms with Crippen molar-refractivity contribution in [2.75, 3.05) is 4.90 Å². The van der Waals surface area contributed by atoms with Crippen LogP contribution in [0, 0.1) is 11.8 Å². The van der Waals surface area contributed by atoms with E-state index in [1.807, 2.05) is 6.07 Å². The molecule has 0 amide bonds. The standard InChI is InChI=1S/C58H51NO/c1-39-18-15-22-42(36-39)47-26-16-21-41-23-17-35-58(5,56(41)47)50-27-11-13-29-52(50)59(53-38-44(57(2,3)4)32-33-46(53)40-19-7-6-8-20-40)51-28-12-9-24-45(51)43-31-34-55-49(37-43)48-25-10-14-30-54(48)60-55/h6-17,19-39,56H,18H2,1-5H3. The number of hydrogen-bond acceptors (Lipinski definition) is 2. The molecule has 0 N–H and O–H groups in total. The molecule has 3 aliphatic carbocycles. The zero-order chi connectivity index (χ0) is 41.0. The van der Waals surface area contributed by atoms with Gasteiger partial charge in [-0.05, 0) is 93.1 Å². The van der Waals surface area contributed by atoms with Crippen molar-refractivity contribution in [3.8, 4) is 22.3 Å². The second-order valence-corrected chi connectivity index (χ2v) is 18.0. The van der Waals surface area contributed by atoms with Gasteiger partial charge in [0.15, 0.2) is 0 Å². The lowest BCUT2D eigenvalue weighted by Crippen LogP contribution is -2.36. The Morgan fingerprint density at radius 2 is 1.37 bits per heavy atom. The maximum Gasteiger partial charge on any atom is 0.135 e. The molecule has 0 spiro atoms. The molecule has 1 aromatic heterocycles. The molecule has 7 aromatic rings. The van der Waals surface area contributed by atoms with Crippen molar-refractivity contribution in [2.45, 2.75) is 51.9 Å². The number of rotatable bonds is 7. The second-order valence-electron chi connectivity index (χ2n) is 18.0. The van der Waals surface area contributed by atoms with Gasteiger partial charge in [0.1, 0.15) is 11.2 Å². The van der Waals surface area contributed by atoms with Gasteiger partial charge in [-0.15, -0.1) is 0 Å². The summed E-state index contributed by atoms with van der Waals surface area (Å²) in [5.41, 5.74) is 16.0. The topological polar surface area (TPSA) is 16.4 Å². The quantitative estimate of drug-likeness (QED) is 0.160. The first-order valence-corrected chi connectivity index (χ1v) is 21.4. The third kappa shape index (κ3) is 6.52. The van der Waals surface area contributed by atoms with Gasteiger partial charge >= 0.3 is 0 Å². The lowest BCUT2D eigenvalue weighted by molar-refractivity contribution is 0.465. The molecule has 10 rings (SSSR count). The van der Waals surface area contributed by atoms with Crippen LogP contribution < -0.4 is 4.90 Å². The van der Waals surface area contributed by atoms with E-state index in [1.165, 1.54) is 39.0 Å². The molecular formula is C58H51NO. The number of allylic oxidation sites excluding steroid dienone is 12. The van der Waals surface area contributed by atoms with Gasteiger partial charge in [0.2, 0.25) is 0 Å². The zero-order valence-corrected chi connectivity index (χ0v) is 35.2. The van der Waals surface area contributed by atoms with Crippen molar-refractivity contribution >= 4 is 39.0 Å². The number of para-hydroxylation sites is 3. The molecule has 2 nitrogen and oxygen atoms in total. The van der Waals surface area contributed by atoms with Crippen molar-refractivity contribution in [1.29, 1.82) is 0 Å². The number of benzene rings is 6. The average Bonchev–Trinajstić information content (AvgIpc) is 3.65. The molecule has 0 fully saturated rings. The van der Waals surface area contributed by atoms with E-state index in [0.29, 0.717) is 5.92 Å². The van der Waals surface area contributed by atoms with Crippen molar-refractivity contribution in [3.05, 3.63) is 222 Å². The lowest BCUT2D eigenvalue weighted by Gasteiger charge is -2.44. The van der Waals surface area contributed by atoms with Gasteiger partial charge in [-0.1, -0.05) is 192 Å². The summed E-state index contributed by atoms with van der Waals surface area (Å²) in [6.45, 7) is 11.7. The predicted molar refractivity (Wildman–Crippen MR) is 254 cm³/mol. The fourth-order valence-electron chi connectivity index (χ4n) is 9.82. The maximum atomic E-state index is 6.33.